The lowest BCUT2D eigenvalue weighted by molar-refractivity contribution is 0.262. The lowest BCUT2D eigenvalue weighted by Gasteiger charge is -2.05. The van der Waals surface area contributed by atoms with Crippen molar-refractivity contribution in [2.75, 3.05) is 10.6 Å². The molecule has 2 aromatic carbocycles. The van der Waals surface area contributed by atoms with Crippen molar-refractivity contribution in [2.45, 2.75) is 0 Å². The van der Waals surface area contributed by atoms with Gasteiger partial charge in [-0.15, -0.1) is 10.2 Å². The summed E-state index contributed by atoms with van der Waals surface area (Å²) in [4.78, 5) is 12.0. The van der Waals surface area contributed by atoms with Gasteiger partial charge in [-0.2, -0.15) is 0 Å². The first-order valence-electron chi connectivity index (χ1n) is 6.54. The minimum atomic E-state index is -0.431. The number of hydrogen-bond donors (Lipinski definition) is 2. The fourth-order valence-corrected chi connectivity index (χ4v) is 2.85. The molecule has 0 spiro atoms. The molecule has 0 bridgehead atoms. The van der Waals surface area contributed by atoms with E-state index < -0.39 is 6.03 Å². The fraction of sp³-hybridized carbons (Fsp3) is 0. The van der Waals surface area contributed by atoms with Gasteiger partial charge in [0.05, 0.1) is 10.0 Å². The number of halogens is 2. The van der Waals surface area contributed by atoms with Crippen LogP contribution in [-0.4, -0.2) is 16.2 Å². The third kappa shape index (κ3) is 3.98. The van der Waals surface area contributed by atoms with Crippen LogP contribution in [0, 0.1) is 0 Å². The number of hydrogen-bond acceptors (Lipinski definition) is 4. The first-order valence-corrected chi connectivity index (χ1v) is 8.11. The lowest BCUT2D eigenvalue weighted by atomic mass is 10.2. The number of nitrogens with one attached hydrogen (secondary N) is 2. The van der Waals surface area contributed by atoms with E-state index in [1.54, 1.807) is 18.2 Å². The van der Waals surface area contributed by atoms with Crippen molar-refractivity contribution in [1.82, 2.24) is 10.2 Å². The fourth-order valence-electron chi connectivity index (χ4n) is 1.80. The molecule has 0 radical (unpaired) electrons. The Kier molecular flexibility index (Phi) is 4.76. The van der Waals surface area contributed by atoms with E-state index in [2.05, 4.69) is 20.8 Å². The van der Waals surface area contributed by atoms with Crippen LogP contribution >= 0.6 is 34.5 Å². The maximum absolute atomic E-state index is 12.0. The average molecular weight is 365 g/mol. The van der Waals surface area contributed by atoms with Crippen LogP contribution in [0.25, 0.3) is 10.6 Å². The van der Waals surface area contributed by atoms with Crippen LogP contribution in [0.2, 0.25) is 10.0 Å². The number of carbonyl (C=O) groups is 1. The molecule has 0 atom stereocenters. The van der Waals surface area contributed by atoms with Gasteiger partial charge in [0.2, 0.25) is 5.13 Å². The maximum atomic E-state index is 12.0. The molecule has 0 aliphatic rings. The van der Waals surface area contributed by atoms with Crippen molar-refractivity contribution >= 4 is 51.4 Å². The molecule has 5 nitrogen and oxygen atoms in total. The van der Waals surface area contributed by atoms with E-state index in [1.165, 1.54) is 11.3 Å². The van der Waals surface area contributed by atoms with Crippen LogP contribution in [0.5, 0.6) is 0 Å². The maximum Gasteiger partial charge on any atom is 0.325 e. The normalized spacial score (nSPS) is 10.3. The van der Waals surface area contributed by atoms with Crippen LogP contribution in [0.1, 0.15) is 0 Å². The third-order valence-corrected chi connectivity index (χ3v) is 4.47. The molecule has 0 saturated heterocycles. The molecule has 1 aromatic heterocycles. The summed E-state index contributed by atoms with van der Waals surface area (Å²) in [6, 6.07) is 14.0. The summed E-state index contributed by atoms with van der Waals surface area (Å²) >= 11 is 13.0. The summed E-state index contributed by atoms with van der Waals surface area (Å²) in [7, 11) is 0. The van der Waals surface area contributed by atoms with Gasteiger partial charge < -0.3 is 5.32 Å². The van der Waals surface area contributed by atoms with Gasteiger partial charge in [-0.05, 0) is 18.2 Å². The highest BCUT2D eigenvalue weighted by Gasteiger charge is 2.10. The third-order valence-electron chi connectivity index (χ3n) is 2.84. The Hall–Kier alpha value is -2.15. The van der Waals surface area contributed by atoms with E-state index in [9.17, 15) is 4.79 Å². The predicted octanol–water partition coefficient (Wildman–Crippen LogP) is 5.16. The number of amides is 2. The number of aromatic nitrogens is 2. The summed E-state index contributed by atoms with van der Waals surface area (Å²) in [6.07, 6.45) is 0. The van der Waals surface area contributed by atoms with Gasteiger partial charge in [0.25, 0.3) is 0 Å². The summed E-state index contributed by atoms with van der Waals surface area (Å²) < 4.78 is 0. The molecule has 1 heterocycles. The Morgan fingerprint density at radius 1 is 0.957 bits per heavy atom. The number of carbonyl (C=O) groups excluding carboxylic acids is 1. The van der Waals surface area contributed by atoms with Crippen molar-refractivity contribution in [1.29, 1.82) is 0 Å². The molecule has 0 unspecified atom stereocenters. The molecule has 3 aromatic rings. The zero-order valence-electron chi connectivity index (χ0n) is 11.6. The van der Waals surface area contributed by atoms with E-state index in [0.717, 1.165) is 10.6 Å². The molecule has 0 saturated carbocycles. The standard InChI is InChI=1S/C15H10Cl2N4OS/c16-11-7-6-10(8-12(11)17)18-14(22)19-15-21-20-13(23-15)9-4-2-1-3-5-9/h1-8H,(H2,18,19,21,22). The molecule has 2 amide bonds. The zero-order valence-corrected chi connectivity index (χ0v) is 13.9. The van der Waals surface area contributed by atoms with E-state index in [1.807, 2.05) is 30.3 Å². The topological polar surface area (TPSA) is 66.9 Å². The Balaban J connectivity index is 1.66. The van der Waals surface area contributed by atoms with Crippen molar-refractivity contribution in [3.05, 3.63) is 58.6 Å². The highest BCUT2D eigenvalue weighted by atomic mass is 35.5. The van der Waals surface area contributed by atoms with Gasteiger partial charge >= 0.3 is 6.03 Å². The van der Waals surface area contributed by atoms with Crippen LogP contribution in [0.15, 0.2) is 48.5 Å². The van der Waals surface area contributed by atoms with Crippen LogP contribution in [0.4, 0.5) is 15.6 Å². The molecule has 0 fully saturated rings. The van der Waals surface area contributed by atoms with E-state index in [0.29, 0.717) is 20.9 Å². The molecular weight excluding hydrogens is 355 g/mol. The highest BCUT2D eigenvalue weighted by molar-refractivity contribution is 7.18. The first kappa shape index (κ1) is 15.7. The Morgan fingerprint density at radius 3 is 2.48 bits per heavy atom. The summed E-state index contributed by atoms with van der Waals surface area (Å²) in [5.74, 6) is 0. The molecule has 23 heavy (non-hydrogen) atoms. The largest absolute Gasteiger partial charge is 0.325 e. The second kappa shape index (κ2) is 6.95. The quantitative estimate of drug-likeness (QED) is 0.674. The number of rotatable bonds is 3. The van der Waals surface area contributed by atoms with E-state index in [4.69, 9.17) is 23.2 Å². The number of urea groups is 1. The molecule has 0 aliphatic heterocycles. The van der Waals surface area contributed by atoms with Gasteiger partial charge in [0.1, 0.15) is 5.01 Å². The SMILES string of the molecule is O=C(Nc1ccc(Cl)c(Cl)c1)Nc1nnc(-c2ccccc2)s1. The second-order valence-electron chi connectivity index (χ2n) is 4.49. The van der Waals surface area contributed by atoms with Gasteiger partial charge in [-0.25, -0.2) is 4.79 Å². The molecule has 116 valence electrons. The molecule has 3 rings (SSSR count). The van der Waals surface area contributed by atoms with Crippen LogP contribution in [-0.2, 0) is 0 Å². The number of nitrogens with zero attached hydrogens (tertiary/aromatic N) is 2. The average Bonchev–Trinajstić information content (AvgIpc) is 3.00. The molecule has 0 aliphatic carbocycles. The Morgan fingerprint density at radius 2 is 1.74 bits per heavy atom. The molecule has 2 N–H and O–H groups in total. The Bertz CT molecular complexity index is 839. The second-order valence-corrected chi connectivity index (χ2v) is 6.28. The minimum Gasteiger partial charge on any atom is -0.308 e. The zero-order chi connectivity index (χ0) is 16.2. The van der Waals surface area contributed by atoms with Crippen LogP contribution in [0.3, 0.4) is 0 Å². The smallest absolute Gasteiger partial charge is 0.308 e. The van der Waals surface area contributed by atoms with Gasteiger partial charge in [-0.1, -0.05) is 64.9 Å². The first-order chi connectivity index (χ1) is 11.1. The van der Waals surface area contributed by atoms with E-state index >= 15 is 0 Å². The van der Waals surface area contributed by atoms with Crippen molar-refractivity contribution < 1.29 is 4.79 Å². The lowest BCUT2D eigenvalue weighted by Crippen LogP contribution is -2.19. The van der Waals surface area contributed by atoms with E-state index in [-0.39, 0.29) is 0 Å². The van der Waals surface area contributed by atoms with Gasteiger partial charge in [0.15, 0.2) is 0 Å². The van der Waals surface area contributed by atoms with Gasteiger partial charge in [0, 0.05) is 11.3 Å². The van der Waals surface area contributed by atoms with Crippen molar-refractivity contribution in [3.63, 3.8) is 0 Å². The minimum absolute atomic E-state index is 0.367. The van der Waals surface area contributed by atoms with Crippen LogP contribution < -0.4 is 10.6 Å². The van der Waals surface area contributed by atoms with Gasteiger partial charge in [-0.3, -0.25) is 5.32 Å². The number of benzene rings is 2. The summed E-state index contributed by atoms with van der Waals surface area (Å²) in [5.41, 5.74) is 1.48. The molecular formula is C15H10Cl2N4OS. The Labute approximate surface area is 146 Å². The van der Waals surface area contributed by atoms with Crippen molar-refractivity contribution in [2.24, 2.45) is 0 Å². The highest BCUT2D eigenvalue weighted by Crippen LogP contribution is 2.27. The summed E-state index contributed by atoms with van der Waals surface area (Å²) in [5, 5.41) is 15.2. The monoisotopic (exact) mass is 364 g/mol. The van der Waals surface area contributed by atoms with Crippen molar-refractivity contribution in [3.8, 4) is 10.6 Å². The predicted molar refractivity (Wildman–Crippen MR) is 94.4 cm³/mol. The molecule has 8 heteroatoms. The summed E-state index contributed by atoms with van der Waals surface area (Å²) in [6.45, 7) is 0. The number of anilines is 2.